The number of fused-ring (bicyclic) bond motifs is 12. The van der Waals surface area contributed by atoms with Gasteiger partial charge >= 0.3 is 0 Å². The third kappa shape index (κ3) is 4.39. The van der Waals surface area contributed by atoms with Crippen LogP contribution in [0.3, 0.4) is 0 Å². The first-order valence-electron chi connectivity index (χ1n) is 18.2. The van der Waals surface area contributed by atoms with E-state index in [9.17, 15) is 0 Å². The van der Waals surface area contributed by atoms with Crippen LogP contribution in [0.25, 0.3) is 92.7 Å². The van der Waals surface area contributed by atoms with Crippen LogP contribution in [0.5, 0.6) is 0 Å². The van der Waals surface area contributed by atoms with Gasteiger partial charge in [0.2, 0.25) is 0 Å². The Bertz CT molecular complexity index is 3000. The van der Waals surface area contributed by atoms with E-state index in [0.717, 1.165) is 39.6 Å². The predicted molar refractivity (Wildman–Crippen MR) is 223 cm³/mol. The first kappa shape index (κ1) is 30.3. The van der Waals surface area contributed by atoms with Crippen molar-refractivity contribution < 1.29 is 0 Å². The van der Waals surface area contributed by atoms with E-state index < -0.39 is 0 Å². The van der Waals surface area contributed by atoms with Gasteiger partial charge < -0.3 is 4.57 Å². The second kappa shape index (κ2) is 11.3. The lowest BCUT2D eigenvalue weighted by Gasteiger charge is -2.24. The van der Waals surface area contributed by atoms with Gasteiger partial charge in [0, 0.05) is 58.7 Å². The molecular weight excluding hydrogens is 663 g/mol. The van der Waals surface area contributed by atoms with E-state index in [1.54, 1.807) is 0 Å². The van der Waals surface area contributed by atoms with Crippen molar-refractivity contribution in [1.29, 1.82) is 0 Å². The van der Waals surface area contributed by atoms with E-state index in [1.807, 2.05) is 35.6 Å². The van der Waals surface area contributed by atoms with Crippen LogP contribution in [0.1, 0.15) is 25.0 Å². The van der Waals surface area contributed by atoms with Gasteiger partial charge in [0.15, 0.2) is 5.82 Å². The summed E-state index contributed by atoms with van der Waals surface area (Å²) in [5.74, 6) is 0.720. The lowest BCUT2D eigenvalue weighted by Crippen LogP contribution is -2.16. The molecule has 0 bridgehead atoms. The third-order valence-corrected chi connectivity index (χ3v) is 12.4. The predicted octanol–water partition coefficient (Wildman–Crippen LogP) is 13.2. The van der Waals surface area contributed by atoms with Gasteiger partial charge in [-0.2, -0.15) is 0 Å². The highest BCUT2D eigenvalue weighted by Gasteiger charge is 2.41. The Morgan fingerprint density at radius 2 is 1.15 bits per heavy atom. The summed E-state index contributed by atoms with van der Waals surface area (Å²) in [4.78, 5) is 10.1. The van der Waals surface area contributed by atoms with Crippen molar-refractivity contribution in [1.82, 2.24) is 14.5 Å². The molecule has 0 N–H and O–H groups in total. The zero-order valence-corrected chi connectivity index (χ0v) is 30.2. The maximum absolute atomic E-state index is 5.12. The molecule has 3 aromatic heterocycles. The first-order valence-corrected chi connectivity index (χ1v) is 19.0. The molecule has 0 radical (unpaired) electrons. The van der Waals surface area contributed by atoms with Crippen molar-refractivity contribution in [2.24, 2.45) is 0 Å². The smallest absolute Gasteiger partial charge is 0.160 e. The fourth-order valence-corrected chi connectivity index (χ4v) is 10.1. The summed E-state index contributed by atoms with van der Waals surface area (Å²) in [5, 5.41) is 5.36. The summed E-state index contributed by atoms with van der Waals surface area (Å²) >= 11 is 1.93. The molecule has 7 aromatic carbocycles. The molecule has 0 unspecified atom stereocenters. The Balaban J connectivity index is 1.18. The first-order chi connectivity index (χ1) is 26.1. The molecule has 0 fully saturated rings. The monoisotopic (exact) mass is 695 g/mol. The lowest BCUT2D eigenvalue weighted by molar-refractivity contribution is 0.664. The molecule has 0 saturated carbocycles. The van der Waals surface area contributed by atoms with Gasteiger partial charge in [-0.05, 0) is 52.6 Å². The second-order valence-electron chi connectivity index (χ2n) is 14.5. The van der Waals surface area contributed by atoms with Crippen LogP contribution < -0.4 is 0 Å². The third-order valence-electron chi connectivity index (χ3n) is 11.2. The fraction of sp³-hybridized carbons (Fsp3) is 0.0612. The Morgan fingerprint density at radius 3 is 1.91 bits per heavy atom. The quantitative estimate of drug-likeness (QED) is 0.183. The Labute approximate surface area is 311 Å². The number of para-hydroxylation sites is 1. The van der Waals surface area contributed by atoms with Crippen LogP contribution in [0.15, 0.2) is 164 Å². The van der Waals surface area contributed by atoms with Gasteiger partial charge in [-0.25, -0.2) is 9.97 Å². The van der Waals surface area contributed by atoms with E-state index in [-0.39, 0.29) is 5.41 Å². The molecule has 11 rings (SSSR count). The van der Waals surface area contributed by atoms with Crippen LogP contribution in [0.4, 0.5) is 0 Å². The van der Waals surface area contributed by atoms with Gasteiger partial charge in [0.25, 0.3) is 0 Å². The molecule has 0 spiro atoms. The minimum Gasteiger partial charge on any atom is -0.309 e. The zero-order valence-electron chi connectivity index (χ0n) is 29.3. The zero-order chi connectivity index (χ0) is 35.3. The maximum Gasteiger partial charge on any atom is 0.160 e. The molecule has 1 aliphatic carbocycles. The number of aromatic nitrogens is 3. The number of benzene rings is 7. The second-order valence-corrected chi connectivity index (χ2v) is 15.6. The molecule has 1 aliphatic rings. The molecule has 0 atom stereocenters. The number of hydrogen-bond acceptors (Lipinski definition) is 3. The van der Waals surface area contributed by atoms with Crippen molar-refractivity contribution in [2.75, 3.05) is 0 Å². The molecule has 250 valence electrons. The Morgan fingerprint density at radius 1 is 0.547 bits per heavy atom. The summed E-state index contributed by atoms with van der Waals surface area (Å²) in [6.45, 7) is 4.82. The number of thiophene rings is 1. The van der Waals surface area contributed by atoms with Gasteiger partial charge in [0.05, 0.1) is 22.4 Å². The summed E-state index contributed by atoms with van der Waals surface area (Å²) < 4.78 is 5.22. The summed E-state index contributed by atoms with van der Waals surface area (Å²) in [6.07, 6.45) is 0. The van der Waals surface area contributed by atoms with E-state index in [4.69, 9.17) is 9.97 Å². The molecule has 3 nitrogen and oxygen atoms in total. The standard InChI is InChI=1S/C49H33N3S/c1-49(2)37-22-12-9-19-34(37)42-43-36-21-11-14-24-41(36)53-47(43)44-35-20-10-13-23-40(35)52(46(44)45(42)49)33-27-25-31(26-28-33)39-29-38(30-15-5-3-6-16-30)50-48(51-39)32-17-7-4-8-18-32/h3-29H,1-2H3. The number of hydrogen-bond donors (Lipinski definition) is 0. The highest BCUT2D eigenvalue weighted by molar-refractivity contribution is 7.27. The van der Waals surface area contributed by atoms with Gasteiger partial charge in [-0.1, -0.05) is 147 Å². The average molecular weight is 696 g/mol. The SMILES string of the molecule is CC1(C)c2ccccc2-c2c1c1c(c3ccccc3n1-c1ccc(-c3cc(-c4ccccc4)nc(-c4ccccc4)n3)cc1)c1sc3ccccc3c21. The lowest BCUT2D eigenvalue weighted by atomic mass is 9.81. The van der Waals surface area contributed by atoms with Crippen LogP contribution in [-0.4, -0.2) is 14.5 Å². The number of rotatable bonds is 4. The Kier molecular flexibility index (Phi) is 6.47. The molecule has 0 aliphatic heterocycles. The highest BCUT2D eigenvalue weighted by atomic mass is 32.1. The molecule has 4 heteroatoms. The van der Waals surface area contributed by atoms with Crippen molar-refractivity contribution in [3.8, 4) is 50.7 Å². The maximum atomic E-state index is 5.12. The van der Waals surface area contributed by atoms with Crippen molar-refractivity contribution in [2.45, 2.75) is 19.3 Å². The van der Waals surface area contributed by atoms with E-state index in [1.165, 1.54) is 64.2 Å². The van der Waals surface area contributed by atoms with Gasteiger partial charge in [-0.15, -0.1) is 11.3 Å². The van der Waals surface area contributed by atoms with Crippen LogP contribution in [0, 0.1) is 0 Å². The molecule has 0 saturated heterocycles. The van der Waals surface area contributed by atoms with Gasteiger partial charge in [0.1, 0.15) is 0 Å². The minimum atomic E-state index is -0.198. The summed E-state index contributed by atoms with van der Waals surface area (Å²) in [5.41, 5.74) is 13.9. The van der Waals surface area contributed by atoms with Gasteiger partial charge in [-0.3, -0.25) is 0 Å². The van der Waals surface area contributed by atoms with E-state index in [2.05, 4.69) is 158 Å². The van der Waals surface area contributed by atoms with E-state index >= 15 is 0 Å². The fourth-order valence-electron chi connectivity index (χ4n) is 8.80. The van der Waals surface area contributed by atoms with Crippen molar-refractivity contribution in [3.63, 3.8) is 0 Å². The minimum absolute atomic E-state index is 0.198. The van der Waals surface area contributed by atoms with Crippen LogP contribution >= 0.6 is 11.3 Å². The molecule has 10 aromatic rings. The van der Waals surface area contributed by atoms with Crippen LogP contribution in [-0.2, 0) is 5.41 Å². The molecular formula is C49H33N3S. The van der Waals surface area contributed by atoms with Crippen LogP contribution in [0.2, 0.25) is 0 Å². The van der Waals surface area contributed by atoms with E-state index in [0.29, 0.717) is 0 Å². The van der Waals surface area contributed by atoms with Crippen molar-refractivity contribution in [3.05, 3.63) is 175 Å². The molecule has 53 heavy (non-hydrogen) atoms. The normalized spacial score (nSPS) is 13.2. The largest absolute Gasteiger partial charge is 0.309 e. The number of nitrogens with zero attached hydrogens (tertiary/aromatic N) is 3. The summed E-state index contributed by atoms with van der Waals surface area (Å²) in [7, 11) is 0. The molecule has 0 amide bonds. The topological polar surface area (TPSA) is 30.7 Å². The van der Waals surface area contributed by atoms with Crippen molar-refractivity contribution >= 4 is 53.3 Å². The molecule has 3 heterocycles. The highest BCUT2D eigenvalue weighted by Crippen LogP contribution is 2.58. The average Bonchev–Trinajstić information content (AvgIpc) is 3.84. The summed E-state index contributed by atoms with van der Waals surface area (Å²) in [6, 6.07) is 58.7. The Hall–Kier alpha value is -6.36.